The van der Waals surface area contributed by atoms with E-state index in [-0.39, 0.29) is 0 Å². The third-order valence-electron chi connectivity index (χ3n) is 21.0. The average molecular weight is 1500 g/mol. The van der Waals surface area contributed by atoms with Crippen molar-refractivity contribution in [2.24, 2.45) is 0 Å². The first-order valence-corrected chi connectivity index (χ1v) is 39.1. The van der Waals surface area contributed by atoms with Gasteiger partial charge in [0.1, 0.15) is 0 Å². The number of halogens is 1. The van der Waals surface area contributed by atoms with Crippen LogP contribution in [0.3, 0.4) is 0 Å². The van der Waals surface area contributed by atoms with Gasteiger partial charge in [0.25, 0.3) is 0 Å². The highest BCUT2D eigenvalue weighted by atomic mass is 79.9. The number of nitrogens with one attached hydrogen (secondary N) is 1. The molecular formula is C100H67BrN6S2. The third kappa shape index (κ3) is 11.7. The van der Waals surface area contributed by atoms with Gasteiger partial charge in [-0.05, 0) is 190 Å². The number of hydrogen-bond donors (Lipinski definition) is 1. The summed E-state index contributed by atoms with van der Waals surface area (Å²) in [5, 5.41) is 7.77. The van der Waals surface area contributed by atoms with Gasteiger partial charge in [0.15, 0.2) is 0 Å². The number of H-pyrrole nitrogens is 1. The van der Waals surface area contributed by atoms with Crippen LogP contribution in [0.25, 0.3) is 112 Å². The monoisotopic (exact) mass is 1490 g/mol. The van der Waals surface area contributed by atoms with Gasteiger partial charge < -0.3 is 29.2 Å². The Bertz CT molecular complexity index is 6670. The lowest BCUT2D eigenvalue weighted by Gasteiger charge is -2.40. The molecule has 109 heavy (non-hydrogen) atoms. The summed E-state index contributed by atoms with van der Waals surface area (Å²) in [4.78, 5) is 12.8. The molecule has 516 valence electrons. The molecule has 20 aromatic rings. The standard InChI is InChI=1S/C50H33N3S.C26H17NS.C24H17BrN2/c1-3-13-34(14-4-1)36-15-11-16-37(33-36)41-19-12-20-42-43-30-25-35-31-32-51(48(35)50(43)54-49(41)42)38-26-28-40(29-27-38)53-46-23-9-7-21-44(46)52(39-17-5-2-6-18-39)45-22-8-10-24-47(45)53;1-2-6-17(7-3-1)19-8-4-9-20(16-19)21-10-5-11-22-23-13-12-18-14-15-27-24(18)26(23)28-25(21)22;25-18-14-16-20(17-15-18)27-23-12-6-4-10-21(23)26(19-8-2-1-3-9-19)22-11-5-7-13-24(22)27/h1-33H;1-16,27H;1-17H. The quantitative estimate of drug-likeness (QED) is 0.156. The first-order chi connectivity index (χ1) is 54.0. The van der Waals surface area contributed by atoms with Crippen molar-refractivity contribution in [2.75, 3.05) is 19.6 Å². The van der Waals surface area contributed by atoms with E-state index in [2.05, 4.69) is 440 Å². The SMILES string of the molecule is Brc1ccc(N2c3ccccc3N(c3ccccc3)c3ccccc32)cc1.c1ccc(-c2cccc(-c3cccc4c3sc3c4ccc4cc[nH]c43)c2)cc1.c1ccc(-c2cccc(-c3cccc4c3sc3c4ccc4ccn(-c5ccc(N6c7ccccc7N(c7ccccc7)c7ccccc76)cc5)c43)c2)cc1. The first-order valence-electron chi connectivity index (χ1n) is 36.7. The van der Waals surface area contributed by atoms with E-state index in [0.717, 1.165) is 55.7 Å². The number of rotatable bonds is 9. The normalized spacial score (nSPS) is 12.2. The molecule has 6 heterocycles. The molecule has 0 unspecified atom stereocenters. The van der Waals surface area contributed by atoms with Gasteiger partial charge in [-0.2, -0.15) is 0 Å². The number of benzene rings is 16. The maximum Gasteiger partial charge on any atom is 0.0707 e. The molecule has 6 nitrogen and oxygen atoms in total. The number of para-hydroxylation sites is 10. The van der Waals surface area contributed by atoms with Crippen LogP contribution in [0.1, 0.15) is 0 Å². The third-order valence-corrected chi connectivity index (χ3v) is 24.1. The number of nitrogens with zero attached hydrogens (tertiary/aromatic N) is 5. The fourth-order valence-electron chi connectivity index (χ4n) is 16.0. The van der Waals surface area contributed by atoms with Crippen LogP contribution in [0.4, 0.5) is 68.2 Å². The van der Waals surface area contributed by atoms with Gasteiger partial charge in [-0.25, -0.2) is 0 Å². The molecule has 22 rings (SSSR count). The summed E-state index contributed by atoms with van der Waals surface area (Å²) < 4.78 is 8.76. The Morgan fingerprint density at radius 2 is 0.578 bits per heavy atom. The van der Waals surface area contributed by atoms with Crippen molar-refractivity contribution in [3.05, 3.63) is 405 Å². The number of anilines is 12. The zero-order valence-corrected chi connectivity index (χ0v) is 62.3. The molecule has 0 aliphatic carbocycles. The van der Waals surface area contributed by atoms with E-state index in [1.165, 1.54) is 129 Å². The molecule has 0 bridgehead atoms. The van der Waals surface area contributed by atoms with Crippen LogP contribution >= 0.6 is 38.6 Å². The Labute approximate surface area is 648 Å². The lowest BCUT2D eigenvalue weighted by atomic mass is 9.98. The van der Waals surface area contributed by atoms with Gasteiger partial charge in [-0.3, -0.25) is 0 Å². The summed E-state index contributed by atoms with van der Waals surface area (Å²) in [5.41, 5.74) is 27.5. The van der Waals surface area contributed by atoms with Crippen molar-refractivity contribution in [3.63, 3.8) is 0 Å². The average Bonchev–Trinajstić information content (AvgIpc) is 1.74. The zero-order chi connectivity index (χ0) is 72.3. The number of aromatic nitrogens is 2. The second-order valence-corrected chi connectivity index (χ2v) is 30.3. The summed E-state index contributed by atoms with van der Waals surface area (Å²) in [6.07, 6.45) is 4.25. The predicted molar refractivity (Wildman–Crippen MR) is 469 cm³/mol. The topological polar surface area (TPSA) is 33.7 Å². The second kappa shape index (κ2) is 27.9. The van der Waals surface area contributed by atoms with Gasteiger partial charge in [-0.15, -0.1) is 22.7 Å². The Morgan fingerprint density at radius 1 is 0.239 bits per heavy atom. The molecule has 0 atom stereocenters. The van der Waals surface area contributed by atoms with Crippen molar-refractivity contribution >= 4 is 169 Å². The van der Waals surface area contributed by atoms with Crippen LogP contribution in [0.15, 0.2) is 405 Å². The van der Waals surface area contributed by atoms with Crippen LogP contribution in [-0.4, -0.2) is 9.55 Å². The highest BCUT2D eigenvalue weighted by molar-refractivity contribution is 9.10. The zero-order valence-electron chi connectivity index (χ0n) is 59.0. The highest BCUT2D eigenvalue weighted by Crippen LogP contribution is 2.56. The summed E-state index contributed by atoms with van der Waals surface area (Å²) in [6.45, 7) is 0. The van der Waals surface area contributed by atoms with E-state index >= 15 is 0 Å². The lowest BCUT2D eigenvalue weighted by Crippen LogP contribution is -2.23. The number of fused-ring (bicyclic) bond motifs is 14. The number of aromatic amines is 1. The summed E-state index contributed by atoms with van der Waals surface area (Å²) in [5.74, 6) is 0. The fraction of sp³-hybridized carbons (Fsp3) is 0. The minimum atomic E-state index is 1.08. The van der Waals surface area contributed by atoms with Crippen LogP contribution in [0.2, 0.25) is 0 Å². The molecule has 0 saturated heterocycles. The van der Waals surface area contributed by atoms with E-state index in [4.69, 9.17) is 0 Å². The minimum Gasteiger partial charge on any atom is -0.360 e. The van der Waals surface area contributed by atoms with E-state index in [9.17, 15) is 0 Å². The maximum absolute atomic E-state index is 3.55. The smallest absolute Gasteiger partial charge is 0.0707 e. The largest absolute Gasteiger partial charge is 0.360 e. The molecule has 2 aliphatic heterocycles. The van der Waals surface area contributed by atoms with Crippen molar-refractivity contribution in [1.29, 1.82) is 0 Å². The van der Waals surface area contributed by atoms with E-state index in [1.807, 2.05) is 28.9 Å². The fourth-order valence-corrected chi connectivity index (χ4v) is 19.0. The molecule has 9 heteroatoms. The molecule has 0 radical (unpaired) electrons. The first kappa shape index (κ1) is 65.3. The summed E-state index contributed by atoms with van der Waals surface area (Å²) in [6, 6.07) is 139. The molecular weight excluding hydrogens is 1430 g/mol. The summed E-state index contributed by atoms with van der Waals surface area (Å²) >= 11 is 7.34. The van der Waals surface area contributed by atoms with Crippen molar-refractivity contribution in [1.82, 2.24) is 9.55 Å². The second-order valence-electron chi connectivity index (χ2n) is 27.4. The Kier molecular flexibility index (Phi) is 16.7. The Balaban J connectivity index is 0.000000119. The molecule has 0 amide bonds. The van der Waals surface area contributed by atoms with Crippen molar-refractivity contribution in [2.45, 2.75) is 0 Å². The van der Waals surface area contributed by atoms with E-state index in [1.54, 1.807) is 0 Å². The molecule has 0 saturated carbocycles. The molecule has 0 fully saturated rings. The minimum absolute atomic E-state index is 1.08. The predicted octanol–water partition coefficient (Wildman–Crippen LogP) is 30.2. The Hall–Kier alpha value is -13.3. The van der Waals surface area contributed by atoms with Crippen LogP contribution in [0.5, 0.6) is 0 Å². The molecule has 2 aliphatic rings. The molecule has 4 aromatic heterocycles. The van der Waals surface area contributed by atoms with Gasteiger partial charge in [0, 0.05) is 87.0 Å². The van der Waals surface area contributed by atoms with Crippen LogP contribution in [0, 0.1) is 0 Å². The number of thiophene rings is 2. The van der Waals surface area contributed by atoms with Gasteiger partial charge in [-0.1, -0.05) is 259 Å². The van der Waals surface area contributed by atoms with Crippen LogP contribution in [-0.2, 0) is 0 Å². The highest BCUT2D eigenvalue weighted by Gasteiger charge is 2.32. The summed E-state index contributed by atoms with van der Waals surface area (Å²) in [7, 11) is 0. The molecule has 0 spiro atoms. The lowest BCUT2D eigenvalue weighted by molar-refractivity contribution is 1.13. The van der Waals surface area contributed by atoms with E-state index in [0.29, 0.717) is 0 Å². The van der Waals surface area contributed by atoms with Gasteiger partial charge in [0.05, 0.1) is 65.9 Å². The van der Waals surface area contributed by atoms with Crippen molar-refractivity contribution < 1.29 is 0 Å². The maximum atomic E-state index is 3.55. The van der Waals surface area contributed by atoms with Gasteiger partial charge >= 0.3 is 0 Å². The van der Waals surface area contributed by atoms with E-state index < -0.39 is 0 Å². The van der Waals surface area contributed by atoms with Crippen LogP contribution < -0.4 is 19.6 Å². The molecule has 16 aromatic carbocycles. The number of hydrogen-bond acceptors (Lipinski definition) is 6. The Morgan fingerprint density at radius 3 is 1.03 bits per heavy atom. The van der Waals surface area contributed by atoms with Crippen molar-refractivity contribution in [3.8, 4) is 50.2 Å². The molecule has 1 N–H and O–H groups in total. The van der Waals surface area contributed by atoms with Gasteiger partial charge in [0.2, 0.25) is 0 Å².